The van der Waals surface area contributed by atoms with Gasteiger partial charge in [-0.3, -0.25) is 24.3 Å². The first-order chi connectivity index (χ1) is 13.0. The molecule has 0 spiro atoms. The predicted octanol–water partition coefficient (Wildman–Crippen LogP) is 3.25. The summed E-state index contributed by atoms with van der Waals surface area (Å²) in [4.78, 5) is 45.5. The number of hydrogen-bond acceptors (Lipinski definition) is 6. The Bertz CT molecular complexity index is 937. The lowest BCUT2D eigenvalue weighted by atomic mass is 10.2. The first-order valence-corrected chi connectivity index (χ1v) is 9.27. The molecule has 10 heteroatoms. The lowest BCUT2D eigenvalue weighted by Crippen LogP contribution is -2.37. The van der Waals surface area contributed by atoms with Gasteiger partial charge in [-0.25, -0.2) is 4.98 Å². The minimum atomic E-state index is -0.429. The fourth-order valence-corrected chi connectivity index (χ4v) is 3.41. The molecule has 0 unspecified atom stereocenters. The maximum atomic E-state index is 12.4. The number of carbonyl (C=O) groups excluding carboxylic acids is 3. The number of imide groups is 1. The van der Waals surface area contributed by atoms with E-state index in [0.29, 0.717) is 15.6 Å². The monoisotopic (exact) mass is 422 g/mol. The van der Waals surface area contributed by atoms with Crippen molar-refractivity contribution >= 4 is 58.1 Å². The van der Waals surface area contributed by atoms with E-state index in [9.17, 15) is 14.4 Å². The highest BCUT2D eigenvalue weighted by atomic mass is 35.5. The number of amides is 3. The molecule has 27 heavy (non-hydrogen) atoms. The summed E-state index contributed by atoms with van der Waals surface area (Å²) in [5.41, 5.74) is 0.817. The molecule has 1 fully saturated rings. The van der Waals surface area contributed by atoms with Crippen LogP contribution in [0.3, 0.4) is 0 Å². The zero-order valence-electron chi connectivity index (χ0n) is 13.7. The highest BCUT2D eigenvalue weighted by molar-refractivity contribution is 8.18. The smallest absolute Gasteiger partial charge is 0.293 e. The summed E-state index contributed by atoms with van der Waals surface area (Å²) in [5.74, 6) is -0.855. The SMILES string of the molecule is O=C(NCCN1C(=O)S/C(=C/c2ccc(Cl)c(Cl)c2)C1=O)c1cnccn1. The van der Waals surface area contributed by atoms with Crippen molar-refractivity contribution in [1.29, 1.82) is 0 Å². The molecular formula is C17H12Cl2N4O3S. The van der Waals surface area contributed by atoms with E-state index < -0.39 is 17.1 Å². The maximum absolute atomic E-state index is 12.4. The minimum absolute atomic E-state index is 0.0510. The average Bonchev–Trinajstić information content (AvgIpc) is 2.92. The number of benzene rings is 1. The third-order valence-corrected chi connectivity index (χ3v) is 5.18. The van der Waals surface area contributed by atoms with Crippen LogP contribution < -0.4 is 5.32 Å². The molecule has 3 rings (SSSR count). The Balaban J connectivity index is 1.61. The Morgan fingerprint density at radius 3 is 2.74 bits per heavy atom. The predicted molar refractivity (Wildman–Crippen MR) is 104 cm³/mol. The molecule has 1 N–H and O–H groups in total. The minimum Gasteiger partial charge on any atom is -0.349 e. The van der Waals surface area contributed by atoms with Crippen molar-refractivity contribution in [3.63, 3.8) is 0 Å². The molecule has 1 aliphatic rings. The lowest BCUT2D eigenvalue weighted by molar-refractivity contribution is -0.122. The summed E-state index contributed by atoms with van der Waals surface area (Å²) in [6.45, 7) is 0.156. The fourth-order valence-electron chi connectivity index (χ4n) is 2.23. The molecule has 0 saturated carbocycles. The van der Waals surface area contributed by atoms with Gasteiger partial charge in [0.15, 0.2) is 0 Å². The zero-order chi connectivity index (χ0) is 19.4. The first kappa shape index (κ1) is 19.3. The van der Waals surface area contributed by atoms with Crippen molar-refractivity contribution < 1.29 is 14.4 Å². The molecule has 2 aromatic rings. The van der Waals surface area contributed by atoms with Crippen LogP contribution in [-0.4, -0.2) is 45.0 Å². The molecule has 1 saturated heterocycles. The van der Waals surface area contributed by atoms with E-state index in [-0.39, 0.29) is 23.7 Å². The Morgan fingerprint density at radius 1 is 1.22 bits per heavy atom. The molecule has 1 aliphatic heterocycles. The second-order valence-electron chi connectivity index (χ2n) is 5.35. The standard InChI is InChI=1S/C17H12Cl2N4O3S/c18-11-2-1-10(7-12(11)19)8-14-16(25)23(17(26)27-14)6-5-22-15(24)13-9-20-3-4-21-13/h1-4,7-9H,5-6H2,(H,22,24)/b14-8+. The molecule has 2 heterocycles. The van der Waals surface area contributed by atoms with Gasteiger partial charge in [0, 0.05) is 25.5 Å². The highest BCUT2D eigenvalue weighted by Gasteiger charge is 2.34. The molecule has 1 aromatic heterocycles. The topological polar surface area (TPSA) is 92.3 Å². The van der Waals surface area contributed by atoms with Crippen molar-refractivity contribution in [2.24, 2.45) is 0 Å². The van der Waals surface area contributed by atoms with E-state index in [2.05, 4.69) is 15.3 Å². The fraction of sp³-hybridized carbons (Fsp3) is 0.118. The molecule has 0 atom stereocenters. The van der Waals surface area contributed by atoms with Gasteiger partial charge < -0.3 is 5.32 Å². The molecule has 3 amide bonds. The largest absolute Gasteiger partial charge is 0.349 e. The van der Waals surface area contributed by atoms with Crippen LogP contribution in [0.1, 0.15) is 16.1 Å². The summed E-state index contributed by atoms with van der Waals surface area (Å²) in [6, 6.07) is 4.92. The number of carbonyl (C=O) groups is 3. The summed E-state index contributed by atoms with van der Waals surface area (Å²) < 4.78 is 0. The second-order valence-corrected chi connectivity index (χ2v) is 7.16. The Labute approximate surface area is 168 Å². The van der Waals surface area contributed by atoms with Crippen LogP contribution in [-0.2, 0) is 4.79 Å². The van der Waals surface area contributed by atoms with Gasteiger partial charge >= 0.3 is 0 Å². The second kappa shape index (κ2) is 8.51. The van der Waals surface area contributed by atoms with Gasteiger partial charge in [-0.15, -0.1) is 0 Å². The summed E-state index contributed by atoms with van der Waals surface area (Å²) in [6.07, 6.45) is 5.76. The van der Waals surface area contributed by atoms with E-state index in [1.54, 1.807) is 24.3 Å². The summed E-state index contributed by atoms with van der Waals surface area (Å²) in [7, 11) is 0. The van der Waals surface area contributed by atoms with Crippen LogP contribution in [0.2, 0.25) is 10.0 Å². The molecule has 0 bridgehead atoms. The highest BCUT2D eigenvalue weighted by Crippen LogP contribution is 2.33. The number of thioether (sulfide) groups is 1. The van der Waals surface area contributed by atoms with Crippen LogP contribution in [0.4, 0.5) is 4.79 Å². The summed E-state index contributed by atoms with van der Waals surface area (Å²) >= 11 is 12.7. The number of rotatable bonds is 5. The van der Waals surface area contributed by atoms with Crippen molar-refractivity contribution in [2.75, 3.05) is 13.1 Å². The number of nitrogens with zero attached hydrogens (tertiary/aromatic N) is 3. The van der Waals surface area contributed by atoms with E-state index in [1.165, 1.54) is 18.6 Å². The van der Waals surface area contributed by atoms with Gasteiger partial charge in [-0.1, -0.05) is 29.3 Å². The first-order valence-electron chi connectivity index (χ1n) is 7.70. The van der Waals surface area contributed by atoms with Gasteiger partial charge in [0.2, 0.25) is 0 Å². The average molecular weight is 423 g/mol. The van der Waals surface area contributed by atoms with E-state index in [4.69, 9.17) is 23.2 Å². The van der Waals surface area contributed by atoms with Gasteiger partial charge in [0.05, 0.1) is 21.1 Å². The third kappa shape index (κ3) is 4.65. The van der Waals surface area contributed by atoms with Crippen molar-refractivity contribution in [1.82, 2.24) is 20.2 Å². The lowest BCUT2D eigenvalue weighted by Gasteiger charge is -2.12. The van der Waals surface area contributed by atoms with Gasteiger partial charge in [0.1, 0.15) is 5.69 Å². The van der Waals surface area contributed by atoms with E-state index in [0.717, 1.165) is 16.7 Å². The van der Waals surface area contributed by atoms with Crippen molar-refractivity contribution in [3.05, 3.63) is 63.0 Å². The van der Waals surface area contributed by atoms with Crippen LogP contribution >= 0.6 is 35.0 Å². The van der Waals surface area contributed by atoms with Crippen LogP contribution in [0.25, 0.3) is 6.08 Å². The van der Waals surface area contributed by atoms with Crippen LogP contribution in [0.15, 0.2) is 41.7 Å². The number of nitrogens with one attached hydrogen (secondary N) is 1. The van der Waals surface area contributed by atoms with Gasteiger partial charge in [-0.2, -0.15) is 0 Å². The number of halogens is 2. The number of aromatic nitrogens is 2. The van der Waals surface area contributed by atoms with Crippen LogP contribution in [0, 0.1) is 0 Å². The van der Waals surface area contributed by atoms with Crippen molar-refractivity contribution in [3.8, 4) is 0 Å². The Kier molecular flexibility index (Phi) is 6.10. The Hall–Kier alpha value is -2.42. The summed E-state index contributed by atoms with van der Waals surface area (Å²) in [5, 5.41) is 2.96. The molecule has 0 radical (unpaired) electrons. The number of hydrogen-bond donors (Lipinski definition) is 1. The molecule has 1 aromatic carbocycles. The van der Waals surface area contributed by atoms with Gasteiger partial charge in [-0.05, 0) is 35.5 Å². The van der Waals surface area contributed by atoms with E-state index in [1.807, 2.05) is 0 Å². The molecule has 7 nitrogen and oxygen atoms in total. The third-order valence-electron chi connectivity index (χ3n) is 3.53. The Morgan fingerprint density at radius 2 is 2.04 bits per heavy atom. The van der Waals surface area contributed by atoms with Crippen molar-refractivity contribution in [2.45, 2.75) is 0 Å². The molecule has 138 valence electrons. The zero-order valence-corrected chi connectivity index (χ0v) is 16.0. The quantitative estimate of drug-likeness (QED) is 0.743. The molecular weight excluding hydrogens is 411 g/mol. The molecule has 0 aliphatic carbocycles. The normalized spacial score (nSPS) is 15.5. The van der Waals surface area contributed by atoms with E-state index >= 15 is 0 Å². The maximum Gasteiger partial charge on any atom is 0.293 e. The van der Waals surface area contributed by atoms with Crippen LogP contribution in [0.5, 0.6) is 0 Å². The van der Waals surface area contributed by atoms with Gasteiger partial charge in [0.25, 0.3) is 17.1 Å².